The first-order valence-electron chi connectivity index (χ1n) is 10.5. The Hall–Kier alpha value is -3.32. The average Bonchev–Trinajstić information content (AvgIpc) is 3.34. The minimum atomic E-state index is -1.16. The first-order chi connectivity index (χ1) is 15.5. The molecule has 0 unspecified atom stereocenters. The summed E-state index contributed by atoms with van der Waals surface area (Å²) in [6.07, 6.45) is 0. The van der Waals surface area contributed by atoms with E-state index in [0.717, 1.165) is 22.4 Å². The summed E-state index contributed by atoms with van der Waals surface area (Å²) >= 11 is 1.45. The van der Waals surface area contributed by atoms with Gasteiger partial charge in [-0.2, -0.15) is 0 Å². The fourth-order valence-electron chi connectivity index (χ4n) is 4.43. The van der Waals surface area contributed by atoms with E-state index in [0.29, 0.717) is 18.8 Å². The molecule has 1 saturated heterocycles. The van der Waals surface area contributed by atoms with Crippen molar-refractivity contribution in [2.75, 3.05) is 22.5 Å². The van der Waals surface area contributed by atoms with Crippen molar-refractivity contribution >= 4 is 35.1 Å². The van der Waals surface area contributed by atoms with Gasteiger partial charge in [-0.25, -0.2) is 9.18 Å². The second kappa shape index (κ2) is 7.98. The molecule has 0 aliphatic carbocycles. The minimum Gasteiger partial charge on any atom is -0.305 e. The van der Waals surface area contributed by atoms with Gasteiger partial charge in [0.25, 0.3) is 5.91 Å². The van der Waals surface area contributed by atoms with E-state index in [-0.39, 0.29) is 11.6 Å². The zero-order valence-corrected chi connectivity index (χ0v) is 18.4. The Bertz CT molecular complexity index is 1220. The van der Waals surface area contributed by atoms with Crippen molar-refractivity contribution in [2.24, 2.45) is 0 Å². The summed E-state index contributed by atoms with van der Waals surface area (Å²) in [6, 6.07) is 21.1. The number of hydrogen-bond acceptors (Lipinski definition) is 3. The van der Waals surface area contributed by atoms with E-state index in [1.165, 1.54) is 23.9 Å². The zero-order chi connectivity index (χ0) is 22.3. The third kappa shape index (κ3) is 3.15. The molecule has 3 aromatic rings. The van der Waals surface area contributed by atoms with Crippen LogP contribution >= 0.6 is 11.8 Å². The van der Waals surface area contributed by atoms with Crippen molar-refractivity contribution in [3.05, 3.63) is 95.3 Å². The highest BCUT2D eigenvalue weighted by Gasteiger charge is 2.59. The molecule has 1 spiro atoms. The zero-order valence-electron chi connectivity index (χ0n) is 17.5. The van der Waals surface area contributed by atoms with E-state index < -0.39 is 16.7 Å². The summed E-state index contributed by atoms with van der Waals surface area (Å²) in [7, 11) is 0. The van der Waals surface area contributed by atoms with Crippen LogP contribution in [0.15, 0.2) is 72.8 Å². The number of nitrogens with zero attached hydrogens (tertiary/aromatic N) is 2. The van der Waals surface area contributed by atoms with Crippen molar-refractivity contribution < 1.29 is 14.0 Å². The van der Waals surface area contributed by atoms with Gasteiger partial charge < -0.3 is 10.2 Å². The number of rotatable bonds is 3. The number of urea groups is 1. The number of nitrogens with one attached hydrogen (secondary N) is 1. The predicted molar refractivity (Wildman–Crippen MR) is 125 cm³/mol. The van der Waals surface area contributed by atoms with Crippen LogP contribution in [0.1, 0.15) is 16.7 Å². The number of halogens is 1. The average molecular weight is 448 g/mol. The van der Waals surface area contributed by atoms with Crippen molar-refractivity contribution in [3.63, 3.8) is 0 Å². The van der Waals surface area contributed by atoms with Crippen LogP contribution in [0.4, 0.5) is 20.6 Å². The van der Waals surface area contributed by atoms with Crippen molar-refractivity contribution in [1.29, 1.82) is 0 Å². The Labute approximate surface area is 190 Å². The summed E-state index contributed by atoms with van der Waals surface area (Å²) in [6.45, 7) is 2.84. The molecular weight excluding hydrogens is 425 g/mol. The SMILES string of the molecule is Cc1ccccc1CN1C(=O)[C@@]2(SCCN2C(=O)Nc2ccccc2F)c2ccccc21. The van der Waals surface area contributed by atoms with E-state index in [9.17, 15) is 14.0 Å². The first kappa shape index (κ1) is 20.6. The number of anilines is 2. The summed E-state index contributed by atoms with van der Waals surface area (Å²) in [5.74, 6) is -0.0441. The number of para-hydroxylation sites is 2. The van der Waals surface area contributed by atoms with E-state index >= 15 is 0 Å². The summed E-state index contributed by atoms with van der Waals surface area (Å²) in [5, 5.41) is 2.66. The maximum Gasteiger partial charge on any atom is 0.323 e. The van der Waals surface area contributed by atoms with Crippen LogP contribution in [-0.4, -0.2) is 29.1 Å². The molecule has 32 heavy (non-hydrogen) atoms. The number of aryl methyl sites for hydroxylation is 1. The Morgan fingerprint density at radius 2 is 1.78 bits per heavy atom. The molecule has 162 valence electrons. The van der Waals surface area contributed by atoms with Crippen LogP contribution in [0.2, 0.25) is 0 Å². The third-order valence-electron chi connectivity index (χ3n) is 6.05. The fraction of sp³-hybridized carbons (Fsp3) is 0.200. The van der Waals surface area contributed by atoms with Gasteiger partial charge >= 0.3 is 6.03 Å². The van der Waals surface area contributed by atoms with Gasteiger partial charge in [-0.1, -0.05) is 54.6 Å². The molecule has 2 aliphatic rings. The first-order valence-corrected chi connectivity index (χ1v) is 11.4. The highest BCUT2D eigenvalue weighted by atomic mass is 32.2. The molecule has 0 aromatic heterocycles. The standard InChI is InChI=1S/C25H22FN3O2S/c1-17-8-2-3-9-18(17)16-28-22-13-7-4-10-19(22)25(23(28)30)29(14-15-32-25)24(31)27-21-12-6-5-11-20(21)26/h2-13H,14-16H2,1H3,(H,27,31)/t25-/m0/s1. The highest BCUT2D eigenvalue weighted by molar-refractivity contribution is 8.01. The number of hydrogen-bond donors (Lipinski definition) is 1. The monoisotopic (exact) mass is 447 g/mol. The lowest BCUT2D eigenvalue weighted by molar-refractivity contribution is -0.123. The van der Waals surface area contributed by atoms with E-state index in [1.54, 1.807) is 21.9 Å². The topological polar surface area (TPSA) is 52.7 Å². The summed E-state index contributed by atoms with van der Waals surface area (Å²) in [4.78, 5) is 29.4. The van der Waals surface area contributed by atoms with Gasteiger partial charge in [-0.15, -0.1) is 11.8 Å². The third-order valence-corrected chi connectivity index (χ3v) is 7.47. The summed E-state index contributed by atoms with van der Waals surface area (Å²) < 4.78 is 14.1. The Kier molecular flexibility index (Phi) is 5.13. The van der Waals surface area contributed by atoms with Gasteiger partial charge in [-0.05, 0) is 36.2 Å². The van der Waals surface area contributed by atoms with Crippen LogP contribution < -0.4 is 10.2 Å². The molecule has 5 nitrogen and oxygen atoms in total. The lowest BCUT2D eigenvalue weighted by atomic mass is 10.1. The molecule has 3 aromatic carbocycles. The Morgan fingerprint density at radius 3 is 2.59 bits per heavy atom. The van der Waals surface area contributed by atoms with Crippen LogP contribution in [0, 0.1) is 12.7 Å². The maximum atomic E-state index is 14.1. The molecule has 0 bridgehead atoms. The molecule has 1 N–H and O–H groups in total. The van der Waals surface area contributed by atoms with Crippen molar-refractivity contribution in [1.82, 2.24) is 4.90 Å². The number of carbonyl (C=O) groups is 2. The van der Waals surface area contributed by atoms with E-state index in [1.807, 2.05) is 55.5 Å². The molecular formula is C25H22FN3O2S. The Morgan fingerprint density at radius 1 is 1.06 bits per heavy atom. The maximum absolute atomic E-state index is 14.1. The lowest BCUT2D eigenvalue weighted by Crippen LogP contribution is -2.51. The van der Waals surface area contributed by atoms with Crippen molar-refractivity contribution in [3.8, 4) is 0 Å². The summed E-state index contributed by atoms with van der Waals surface area (Å²) in [5.41, 5.74) is 3.86. The molecule has 1 fully saturated rings. The smallest absolute Gasteiger partial charge is 0.305 e. The number of thioether (sulfide) groups is 1. The van der Waals surface area contributed by atoms with E-state index in [2.05, 4.69) is 5.32 Å². The number of amides is 3. The van der Waals surface area contributed by atoms with Gasteiger partial charge in [0, 0.05) is 17.9 Å². The molecule has 2 aliphatic heterocycles. The number of fused-ring (bicyclic) bond motifs is 2. The van der Waals surface area contributed by atoms with Gasteiger partial charge in [0.15, 0.2) is 4.87 Å². The molecule has 1 atom stereocenters. The quantitative estimate of drug-likeness (QED) is 0.607. The van der Waals surface area contributed by atoms with Gasteiger partial charge in [0.05, 0.1) is 17.9 Å². The molecule has 2 heterocycles. The molecule has 0 saturated carbocycles. The minimum absolute atomic E-state index is 0.0973. The highest BCUT2D eigenvalue weighted by Crippen LogP contribution is 2.54. The second-order valence-electron chi connectivity index (χ2n) is 7.89. The molecule has 0 radical (unpaired) electrons. The molecule has 7 heteroatoms. The molecule has 3 amide bonds. The van der Waals surface area contributed by atoms with Gasteiger partial charge in [0.1, 0.15) is 5.82 Å². The van der Waals surface area contributed by atoms with Crippen LogP contribution in [0.25, 0.3) is 0 Å². The second-order valence-corrected chi connectivity index (χ2v) is 9.18. The number of carbonyl (C=O) groups excluding carboxylic acids is 2. The van der Waals surface area contributed by atoms with Crippen LogP contribution in [0.5, 0.6) is 0 Å². The largest absolute Gasteiger partial charge is 0.323 e. The van der Waals surface area contributed by atoms with E-state index in [4.69, 9.17) is 0 Å². The van der Waals surface area contributed by atoms with Crippen molar-refractivity contribution in [2.45, 2.75) is 18.3 Å². The molecule has 5 rings (SSSR count). The van der Waals surface area contributed by atoms with Crippen LogP contribution in [-0.2, 0) is 16.2 Å². The van der Waals surface area contributed by atoms with Crippen LogP contribution in [0.3, 0.4) is 0 Å². The van der Waals surface area contributed by atoms with Gasteiger partial charge in [-0.3, -0.25) is 9.69 Å². The normalized spacial score (nSPS) is 19.5. The number of benzene rings is 3. The lowest BCUT2D eigenvalue weighted by Gasteiger charge is -2.33. The van der Waals surface area contributed by atoms with Gasteiger partial charge in [0.2, 0.25) is 0 Å². The Balaban J connectivity index is 1.53. The predicted octanol–water partition coefficient (Wildman–Crippen LogP) is 5.11. The fourth-order valence-corrected chi connectivity index (χ4v) is 5.89.